The lowest BCUT2D eigenvalue weighted by molar-refractivity contribution is -0.827. The Morgan fingerprint density at radius 1 is 0.733 bits per heavy atom. The number of nitro groups is 3. The fourth-order valence-corrected chi connectivity index (χ4v) is 3.81. The van der Waals surface area contributed by atoms with Crippen molar-refractivity contribution >= 4 is 6.29 Å². The van der Waals surface area contributed by atoms with E-state index in [1.807, 2.05) is 6.92 Å². The minimum Gasteiger partial charge on any atom is -0.273 e. The van der Waals surface area contributed by atoms with E-state index in [2.05, 4.69) is 20.8 Å². The van der Waals surface area contributed by atoms with Gasteiger partial charge in [-0.3, -0.25) is 35.1 Å². The molecule has 0 saturated heterocycles. The Morgan fingerprint density at radius 2 is 1.13 bits per heavy atom. The lowest BCUT2D eigenvalue weighted by atomic mass is 9.81. The summed E-state index contributed by atoms with van der Waals surface area (Å²) in [4.78, 5) is 41.1. The fourth-order valence-electron chi connectivity index (χ4n) is 3.81. The molecule has 10 heteroatoms. The maximum atomic E-state index is 11.5. The SMILES string of the molecule is CC(C)CCCC(C)CCCC(C)CCCC(C)([N+](=O)[O-])C([C]=O)([N+](=O)[O-])[N+](=O)[O-]. The number of hydrogen-bond donors (Lipinski definition) is 0. The molecule has 3 unspecified atom stereocenters. The van der Waals surface area contributed by atoms with Crippen molar-refractivity contribution in [2.45, 2.75) is 104 Å². The third kappa shape index (κ3) is 7.28. The average Bonchev–Trinajstić information content (AvgIpc) is 2.61. The van der Waals surface area contributed by atoms with E-state index in [9.17, 15) is 35.1 Å². The summed E-state index contributed by atoms with van der Waals surface area (Å²) in [5.41, 5.74) is -6.29. The second-order valence-corrected chi connectivity index (χ2v) is 9.18. The van der Waals surface area contributed by atoms with Gasteiger partial charge in [-0.15, -0.1) is 0 Å². The van der Waals surface area contributed by atoms with Crippen molar-refractivity contribution in [2.24, 2.45) is 17.8 Å². The van der Waals surface area contributed by atoms with Crippen LogP contribution < -0.4 is 0 Å². The van der Waals surface area contributed by atoms with Gasteiger partial charge in [0, 0.05) is 18.3 Å². The Bertz CT molecular complexity index is 583. The molecular weight excluding hydrogens is 394 g/mol. The lowest BCUT2D eigenvalue weighted by Gasteiger charge is -2.24. The number of nitrogens with zero attached hydrogens (tertiary/aromatic N) is 3. The van der Waals surface area contributed by atoms with Crippen LogP contribution in [0.2, 0.25) is 0 Å². The predicted molar refractivity (Wildman–Crippen MR) is 113 cm³/mol. The van der Waals surface area contributed by atoms with E-state index in [1.54, 1.807) is 0 Å². The molecule has 0 heterocycles. The molecule has 0 N–H and O–H groups in total. The van der Waals surface area contributed by atoms with Crippen LogP contribution in [-0.2, 0) is 4.79 Å². The Hall–Kier alpha value is -2.13. The first-order valence-electron chi connectivity index (χ1n) is 10.7. The molecular formula is C20H36N3O7. The van der Waals surface area contributed by atoms with E-state index in [0.29, 0.717) is 18.3 Å². The van der Waals surface area contributed by atoms with Crippen molar-refractivity contribution in [3.63, 3.8) is 0 Å². The van der Waals surface area contributed by atoms with Crippen LogP contribution in [0.5, 0.6) is 0 Å². The summed E-state index contributed by atoms with van der Waals surface area (Å²) in [5.74, 6) is 1.57. The van der Waals surface area contributed by atoms with Gasteiger partial charge in [0.2, 0.25) is 0 Å². The second kappa shape index (κ2) is 12.5. The van der Waals surface area contributed by atoms with Crippen molar-refractivity contribution in [3.05, 3.63) is 30.3 Å². The van der Waals surface area contributed by atoms with Crippen molar-refractivity contribution in [2.75, 3.05) is 0 Å². The molecule has 0 aliphatic rings. The van der Waals surface area contributed by atoms with Gasteiger partial charge in [0.25, 0.3) is 0 Å². The molecule has 0 aromatic rings. The standard InChI is InChI=1S/C20H36N3O7/c1-16(2)9-6-10-17(3)11-7-12-18(4)13-8-14-19(5,21(25)26)20(15-24,22(27)28)23(29)30/h16-18H,6-14H2,1-5H3. The van der Waals surface area contributed by atoms with E-state index >= 15 is 0 Å². The predicted octanol–water partition coefficient (Wildman–Crippen LogP) is 4.82. The normalized spacial score (nSPS) is 15.9. The molecule has 0 aliphatic carbocycles. The van der Waals surface area contributed by atoms with Gasteiger partial charge in [0.05, 0.1) is 0 Å². The first kappa shape index (κ1) is 27.9. The molecule has 0 aliphatic heterocycles. The van der Waals surface area contributed by atoms with Gasteiger partial charge in [0.15, 0.2) is 0 Å². The molecule has 30 heavy (non-hydrogen) atoms. The quantitative estimate of drug-likeness (QED) is 0.182. The highest BCUT2D eigenvalue weighted by Crippen LogP contribution is 2.34. The van der Waals surface area contributed by atoms with E-state index in [4.69, 9.17) is 0 Å². The van der Waals surface area contributed by atoms with Gasteiger partial charge in [-0.1, -0.05) is 72.6 Å². The highest BCUT2D eigenvalue weighted by molar-refractivity contribution is 5.62. The summed E-state index contributed by atoms with van der Waals surface area (Å²) in [7, 11) is 0. The van der Waals surface area contributed by atoms with Crippen molar-refractivity contribution in [1.29, 1.82) is 0 Å². The monoisotopic (exact) mass is 430 g/mol. The van der Waals surface area contributed by atoms with Gasteiger partial charge in [-0.25, -0.2) is 0 Å². The Labute approximate surface area is 178 Å². The summed E-state index contributed by atoms with van der Waals surface area (Å²) in [6.45, 7) is 9.44. The Kier molecular flexibility index (Phi) is 11.6. The molecule has 0 amide bonds. The molecule has 1 radical (unpaired) electrons. The molecule has 0 aromatic heterocycles. The molecule has 0 bridgehead atoms. The zero-order valence-corrected chi connectivity index (χ0v) is 18.8. The van der Waals surface area contributed by atoms with E-state index in [-0.39, 0.29) is 12.3 Å². The Morgan fingerprint density at radius 3 is 1.47 bits per heavy atom. The lowest BCUT2D eigenvalue weighted by Crippen LogP contribution is -2.67. The van der Waals surface area contributed by atoms with Crippen LogP contribution in [0.15, 0.2) is 0 Å². The third-order valence-electron chi connectivity index (χ3n) is 6.06. The molecule has 0 spiro atoms. The second-order valence-electron chi connectivity index (χ2n) is 9.18. The van der Waals surface area contributed by atoms with Crippen LogP contribution >= 0.6 is 0 Å². The first-order valence-corrected chi connectivity index (χ1v) is 10.7. The highest BCUT2D eigenvalue weighted by atomic mass is 16.7. The van der Waals surface area contributed by atoms with Gasteiger partial charge in [-0.2, -0.15) is 0 Å². The van der Waals surface area contributed by atoms with Crippen LogP contribution in [0, 0.1) is 48.1 Å². The molecule has 0 rings (SSSR count). The maximum Gasteiger partial charge on any atom is 0.591 e. The van der Waals surface area contributed by atoms with Gasteiger partial charge >= 0.3 is 17.5 Å². The Balaban J connectivity index is 4.70. The summed E-state index contributed by atoms with van der Waals surface area (Å²) in [6.07, 6.45) is 7.69. The van der Waals surface area contributed by atoms with Crippen molar-refractivity contribution in [3.8, 4) is 0 Å². The topological polar surface area (TPSA) is 146 Å². The van der Waals surface area contributed by atoms with Crippen molar-refractivity contribution < 1.29 is 19.6 Å². The molecule has 0 aromatic carbocycles. The fraction of sp³-hybridized carbons (Fsp3) is 0.950. The highest BCUT2D eigenvalue weighted by Gasteiger charge is 2.80. The molecule has 3 atom stereocenters. The third-order valence-corrected chi connectivity index (χ3v) is 6.06. The minimum absolute atomic E-state index is 0.174. The molecule has 173 valence electrons. The van der Waals surface area contributed by atoms with Gasteiger partial charge < -0.3 is 0 Å². The van der Waals surface area contributed by atoms with Crippen LogP contribution in [0.1, 0.15) is 92.4 Å². The minimum atomic E-state index is -3.62. The van der Waals surface area contributed by atoms with Gasteiger partial charge in [-0.05, 0) is 24.2 Å². The smallest absolute Gasteiger partial charge is 0.273 e. The van der Waals surface area contributed by atoms with Crippen LogP contribution in [0.4, 0.5) is 0 Å². The summed E-state index contributed by atoms with van der Waals surface area (Å²) >= 11 is 0. The van der Waals surface area contributed by atoms with E-state index < -0.39 is 32.4 Å². The van der Waals surface area contributed by atoms with Crippen LogP contribution in [0.25, 0.3) is 0 Å². The zero-order chi connectivity index (χ0) is 23.5. The van der Waals surface area contributed by atoms with E-state index in [0.717, 1.165) is 32.5 Å². The average molecular weight is 431 g/mol. The van der Waals surface area contributed by atoms with Crippen LogP contribution in [0.3, 0.4) is 0 Å². The molecule has 0 fully saturated rings. The van der Waals surface area contributed by atoms with Crippen molar-refractivity contribution in [1.82, 2.24) is 0 Å². The zero-order valence-electron chi connectivity index (χ0n) is 18.8. The van der Waals surface area contributed by atoms with Gasteiger partial charge in [0.1, 0.15) is 9.85 Å². The first-order chi connectivity index (χ1) is 13.8. The molecule has 10 nitrogen and oxygen atoms in total. The number of carbonyl (C=O) groups excluding carboxylic acids is 1. The largest absolute Gasteiger partial charge is 0.591 e. The number of hydrogen-bond acceptors (Lipinski definition) is 7. The number of rotatable bonds is 17. The molecule has 0 saturated carbocycles. The van der Waals surface area contributed by atoms with Crippen LogP contribution in [-0.4, -0.2) is 32.3 Å². The summed E-state index contributed by atoms with van der Waals surface area (Å²) in [5, 5.41) is 34.0. The van der Waals surface area contributed by atoms with E-state index in [1.165, 1.54) is 19.3 Å². The summed E-state index contributed by atoms with van der Waals surface area (Å²) < 4.78 is 0. The summed E-state index contributed by atoms with van der Waals surface area (Å²) in [6, 6.07) is 0. The maximum absolute atomic E-state index is 11.5.